The molecule has 0 aromatic heterocycles. The zero-order valence-electron chi connectivity index (χ0n) is 15.3. The molecule has 2 aliphatic rings. The molecule has 1 saturated carbocycles. The molecule has 1 aliphatic heterocycles. The number of benzene rings is 1. The number of rotatable bonds is 4. The molecule has 0 radical (unpaired) electrons. The minimum absolute atomic E-state index is 0.170. The van der Waals surface area contributed by atoms with E-state index in [1.165, 1.54) is 6.38 Å². The fraction of sp³-hybridized carbons (Fsp3) is 0.579. The summed E-state index contributed by atoms with van der Waals surface area (Å²) in [5.41, 5.74) is 0.972. The van der Waals surface area contributed by atoms with Crippen molar-refractivity contribution < 1.29 is 19.3 Å². The zero-order chi connectivity index (χ0) is 19.2. The van der Waals surface area contributed by atoms with E-state index in [4.69, 9.17) is 4.84 Å². The van der Waals surface area contributed by atoms with Crippen LogP contribution < -0.4 is 5.32 Å². The average molecular weight is 384 g/mol. The highest BCUT2D eigenvalue weighted by Gasteiger charge is 2.32. The Morgan fingerprint density at radius 3 is 2.04 bits per heavy atom. The zero-order valence-corrected chi connectivity index (χ0v) is 16.0. The van der Waals surface area contributed by atoms with Gasteiger partial charge >= 0.3 is 0 Å². The number of nitrogens with zero attached hydrogens (tertiary/aromatic N) is 1. The van der Waals surface area contributed by atoms with Crippen molar-refractivity contribution in [3.05, 3.63) is 40.8 Å². The lowest BCUT2D eigenvalue weighted by molar-refractivity contribution is -0.832. The molecule has 0 spiro atoms. The van der Waals surface area contributed by atoms with Gasteiger partial charge in [0.05, 0.1) is 4.91 Å². The van der Waals surface area contributed by atoms with E-state index < -0.39 is 0 Å². The number of carbonyl (C=O) groups excluding carboxylic acids is 2. The lowest BCUT2D eigenvalue weighted by atomic mass is 9.95. The number of nitrogens with one attached hydrogen (secondary N) is 1. The van der Waals surface area contributed by atoms with Crippen LogP contribution in [0, 0.1) is 4.91 Å². The van der Waals surface area contributed by atoms with Gasteiger partial charge in [0.2, 0.25) is 4.92 Å². The minimum atomic E-state index is -0.170. The first kappa shape index (κ1) is 22.3. The predicted octanol–water partition coefficient (Wildman–Crippen LogP) is 3.20. The van der Waals surface area contributed by atoms with E-state index in [1.807, 2.05) is 30.3 Å². The molecule has 1 aliphatic carbocycles. The summed E-state index contributed by atoms with van der Waals surface area (Å²) in [5, 5.41) is 3.09. The molecule has 1 aromatic rings. The van der Waals surface area contributed by atoms with Gasteiger partial charge in [-0.15, -0.1) is 11.6 Å². The Hall–Kier alpha value is -1.79. The lowest BCUT2D eigenvalue weighted by Gasteiger charge is -2.12. The standard InChI is InChI=1S/C13H16NO3.C5H9NO.CH3Cl/c15-13-8-6-12(7-9-13)14(16)17-10-11-4-2-1-3-5-11;7-5-1-3-6-4-2-5;1-2/h1-5,12H,6-10H2;6H,1-4H2;1H3/q+1;;. The predicted molar refractivity (Wildman–Crippen MR) is 101 cm³/mol. The topological polar surface area (TPSA) is 75.5 Å². The van der Waals surface area contributed by atoms with Gasteiger partial charge in [-0.1, -0.05) is 30.3 Å². The molecule has 0 amide bonds. The molecule has 0 atom stereocenters. The van der Waals surface area contributed by atoms with Crippen molar-refractivity contribution >= 4 is 23.2 Å². The highest BCUT2D eigenvalue weighted by molar-refractivity contribution is 6.15. The molecular weight excluding hydrogens is 356 g/mol. The van der Waals surface area contributed by atoms with Crippen molar-refractivity contribution in [2.24, 2.45) is 0 Å². The van der Waals surface area contributed by atoms with Crippen LogP contribution in [0.3, 0.4) is 0 Å². The number of Topliss-reactive ketones (excluding diaryl/α,β-unsaturated/α-hetero) is 2. The van der Waals surface area contributed by atoms with Gasteiger partial charge in [-0.2, -0.15) is 0 Å². The summed E-state index contributed by atoms with van der Waals surface area (Å²) in [7, 11) is 0. The third-order valence-electron chi connectivity index (χ3n) is 4.17. The van der Waals surface area contributed by atoms with Crippen molar-refractivity contribution in [1.29, 1.82) is 0 Å². The van der Waals surface area contributed by atoms with Crippen LogP contribution in [-0.4, -0.2) is 42.0 Å². The first-order chi connectivity index (χ1) is 12.6. The van der Waals surface area contributed by atoms with Crippen LogP contribution in [0.1, 0.15) is 44.1 Å². The first-order valence-electron chi connectivity index (χ1n) is 8.90. The van der Waals surface area contributed by atoms with E-state index in [-0.39, 0.29) is 18.4 Å². The van der Waals surface area contributed by atoms with Crippen LogP contribution >= 0.6 is 11.6 Å². The monoisotopic (exact) mass is 383 g/mol. The van der Waals surface area contributed by atoms with E-state index in [1.54, 1.807) is 0 Å². The number of halogens is 1. The molecule has 1 aromatic carbocycles. The number of ketones is 2. The molecule has 7 heteroatoms. The normalized spacial score (nSPS) is 17.3. The summed E-state index contributed by atoms with van der Waals surface area (Å²) in [6.07, 6.45) is 5.16. The number of hydrogen-bond acceptors (Lipinski definition) is 5. The van der Waals surface area contributed by atoms with Gasteiger partial charge in [-0.3, -0.25) is 9.59 Å². The van der Waals surface area contributed by atoms with Crippen LogP contribution in [0.4, 0.5) is 0 Å². The second-order valence-corrected chi connectivity index (χ2v) is 6.10. The Kier molecular flexibility index (Phi) is 11.5. The van der Waals surface area contributed by atoms with E-state index in [0.29, 0.717) is 36.4 Å². The largest absolute Gasteiger partial charge is 0.316 e. The summed E-state index contributed by atoms with van der Waals surface area (Å²) in [5.74, 6) is 0.649. The van der Waals surface area contributed by atoms with Crippen LogP contribution in [0.25, 0.3) is 0 Å². The van der Waals surface area contributed by atoms with Crippen LogP contribution in [0.2, 0.25) is 0 Å². The maximum atomic E-state index is 11.7. The molecule has 1 saturated heterocycles. The van der Waals surface area contributed by atoms with Gasteiger partial charge in [-0.05, 0) is 5.56 Å². The number of carbonyl (C=O) groups is 2. The van der Waals surface area contributed by atoms with Gasteiger partial charge in [0, 0.05) is 58.0 Å². The Bertz CT molecular complexity index is 548. The number of alkyl halides is 1. The second-order valence-electron chi connectivity index (χ2n) is 6.10. The maximum Gasteiger partial charge on any atom is 0.258 e. The van der Waals surface area contributed by atoms with Gasteiger partial charge in [-0.25, -0.2) is 4.84 Å². The smallest absolute Gasteiger partial charge is 0.258 e. The quantitative estimate of drug-likeness (QED) is 0.638. The summed E-state index contributed by atoms with van der Waals surface area (Å²) in [6, 6.07) is 9.40. The average Bonchev–Trinajstić information content (AvgIpc) is 2.70. The highest BCUT2D eigenvalue weighted by Crippen LogP contribution is 2.18. The fourth-order valence-corrected chi connectivity index (χ4v) is 2.66. The highest BCUT2D eigenvalue weighted by atomic mass is 35.5. The first-order valence-corrected chi connectivity index (χ1v) is 9.66. The van der Waals surface area contributed by atoms with Gasteiger partial charge < -0.3 is 5.32 Å². The molecule has 144 valence electrons. The van der Waals surface area contributed by atoms with Crippen LogP contribution in [0.15, 0.2) is 30.3 Å². The summed E-state index contributed by atoms with van der Waals surface area (Å²) < 4.78 is 0. The third-order valence-corrected chi connectivity index (χ3v) is 4.17. The third kappa shape index (κ3) is 9.06. The van der Waals surface area contributed by atoms with Crippen molar-refractivity contribution in [2.75, 3.05) is 19.5 Å². The van der Waals surface area contributed by atoms with Crippen molar-refractivity contribution in [3.63, 3.8) is 0 Å². The molecule has 0 unspecified atom stereocenters. The Morgan fingerprint density at radius 2 is 1.54 bits per heavy atom. The Morgan fingerprint density at radius 1 is 1.00 bits per heavy atom. The van der Waals surface area contributed by atoms with Gasteiger partial charge in [0.25, 0.3) is 6.04 Å². The molecule has 2 fully saturated rings. The van der Waals surface area contributed by atoms with Crippen LogP contribution in [-0.2, 0) is 21.0 Å². The SMILES string of the molecule is CCl.O=C1CCC([N+](=O)OCc2ccccc2)CC1.O=C1CCNCC1. The molecule has 1 N–H and O–H groups in total. The Balaban J connectivity index is 0.000000313. The molecule has 3 rings (SSSR count). The van der Waals surface area contributed by atoms with Gasteiger partial charge in [0.1, 0.15) is 11.6 Å². The molecule has 0 bridgehead atoms. The van der Waals surface area contributed by atoms with Crippen molar-refractivity contribution in [2.45, 2.75) is 51.2 Å². The van der Waals surface area contributed by atoms with E-state index in [0.717, 1.165) is 31.5 Å². The molecular formula is C19H28ClN2O4+. The fourth-order valence-electron chi connectivity index (χ4n) is 2.66. The minimum Gasteiger partial charge on any atom is -0.316 e. The molecule has 6 nitrogen and oxygen atoms in total. The Labute approximate surface area is 159 Å². The van der Waals surface area contributed by atoms with E-state index in [2.05, 4.69) is 16.9 Å². The van der Waals surface area contributed by atoms with Crippen LogP contribution in [0.5, 0.6) is 0 Å². The molecule has 1 heterocycles. The maximum absolute atomic E-state index is 11.7. The second kappa shape index (κ2) is 13.4. The van der Waals surface area contributed by atoms with Crippen molar-refractivity contribution in [3.8, 4) is 0 Å². The lowest BCUT2D eigenvalue weighted by Crippen LogP contribution is -2.29. The molecule has 26 heavy (non-hydrogen) atoms. The van der Waals surface area contributed by atoms with E-state index in [9.17, 15) is 14.5 Å². The summed E-state index contributed by atoms with van der Waals surface area (Å²) >= 11 is 4.64. The van der Waals surface area contributed by atoms with Gasteiger partial charge in [0.15, 0.2) is 6.61 Å². The summed E-state index contributed by atoms with van der Waals surface area (Å²) in [6.45, 7) is 2.06. The van der Waals surface area contributed by atoms with E-state index >= 15 is 0 Å². The summed E-state index contributed by atoms with van der Waals surface area (Å²) in [4.78, 5) is 39.0. The number of hydrogen-bond donors (Lipinski definition) is 1. The van der Waals surface area contributed by atoms with Crippen molar-refractivity contribution in [1.82, 2.24) is 5.32 Å². The number of piperidine rings is 1.